The monoisotopic (exact) mass is 475 g/mol. The van der Waals surface area contributed by atoms with Gasteiger partial charge >= 0.3 is 6.09 Å². The van der Waals surface area contributed by atoms with Crippen molar-refractivity contribution in [2.75, 3.05) is 44.0 Å². The second-order valence-electron chi connectivity index (χ2n) is 7.66. The Hall–Kier alpha value is -3.31. The van der Waals surface area contributed by atoms with E-state index in [2.05, 4.69) is 15.4 Å². The second kappa shape index (κ2) is 9.67. The molecule has 0 aliphatic carbocycles. The highest BCUT2D eigenvalue weighted by Crippen LogP contribution is 2.37. The first kappa shape index (κ1) is 22.9. The Morgan fingerprint density at radius 1 is 1.06 bits per heavy atom. The van der Waals surface area contributed by atoms with Gasteiger partial charge in [0.25, 0.3) is 0 Å². The van der Waals surface area contributed by atoms with Gasteiger partial charge in [0.15, 0.2) is 11.5 Å². The Labute approximate surface area is 191 Å². The van der Waals surface area contributed by atoms with Gasteiger partial charge in [-0.15, -0.1) is 0 Å². The molecular weight excluding hydrogens is 450 g/mol. The Morgan fingerprint density at radius 3 is 2.58 bits per heavy atom. The van der Waals surface area contributed by atoms with Crippen LogP contribution in [-0.2, 0) is 19.6 Å². The number of hydrogen-bond acceptors (Lipinski definition) is 7. The Morgan fingerprint density at radius 2 is 1.82 bits per heavy atom. The fourth-order valence-electron chi connectivity index (χ4n) is 3.81. The number of sulfonamides is 1. The molecule has 2 aliphatic heterocycles. The lowest BCUT2D eigenvalue weighted by Gasteiger charge is -2.31. The van der Waals surface area contributed by atoms with E-state index in [1.165, 1.54) is 35.7 Å². The van der Waals surface area contributed by atoms with Crippen molar-refractivity contribution in [1.82, 2.24) is 4.31 Å². The fraction of sp³-hybridized carbons (Fsp3) is 0.364. The highest BCUT2D eigenvalue weighted by atomic mass is 32.2. The first-order chi connectivity index (χ1) is 15.9. The number of carbonyl (C=O) groups excluding carboxylic acids is 2. The predicted molar refractivity (Wildman–Crippen MR) is 120 cm³/mol. The SMILES string of the molecule is COC(=O)Nc1ccc(S(=O)(=O)N2CCC[C@@H](C(=O)Nc3cccc4c3OCCO4)C2)cc1. The van der Waals surface area contributed by atoms with Crippen LogP contribution in [0, 0.1) is 5.92 Å². The summed E-state index contributed by atoms with van der Waals surface area (Å²) in [5, 5.41) is 5.34. The van der Waals surface area contributed by atoms with Crippen LogP contribution in [0.3, 0.4) is 0 Å². The van der Waals surface area contributed by atoms with Crippen molar-refractivity contribution in [3.63, 3.8) is 0 Å². The number of piperidine rings is 1. The molecule has 2 aliphatic rings. The number of nitrogens with one attached hydrogen (secondary N) is 2. The topological polar surface area (TPSA) is 123 Å². The van der Waals surface area contributed by atoms with Crippen LogP contribution in [0.15, 0.2) is 47.4 Å². The van der Waals surface area contributed by atoms with Crippen LogP contribution in [0.5, 0.6) is 11.5 Å². The molecule has 0 bridgehead atoms. The fourth-order valence-corrected chi connectivity index (χ4v) is 5.33. The minimum atomic E-state index is -3.80. The van der Waals surface area contributed by atoms with Crippen LogP contribution in [-0.4, -0.2) is 58.1 Å². The number of hydrogen-bond donors (Lipinski definition) is 2. The summed E-state index contributed by atoms with van der Waals surface area (Å²) >= 11 is 0. The van der Waals surface area contributed by atoms with Crippen LogP contribution < -0.4 is 20.1 Å². The number of para-hydroxylation sites is 1. The molecule has 11 heteroatoms. The van der Waals surface area contributed by atoms with E-state index in [9.17, 15) is 18.0 Å². The summed E-state index contributed by atoms with van der Waals surface area (Å²) < 4.78 is 43.3. The average Bonchev–Trinajstić information content (AvgIpc) is 2.84. The smallest absolute Gasteiger partial charge is 0.411 e. The molecule has 2 heterocycles. The number of fused-ring (bicyclic) bond motifs is 1. The van der Waals surface area contributed by atoms with Crippen LogP contribution in [0.4, 0.5) is 16.2 Å². The molecule has 0 aromatic heterocycles. The predicted octanol–water partition coefficient (Wildman–Crippen LogP) is 2.68. The zero-order valence-corrected chi connectivity index (χ0v) is 18.9. The Balaban J connectivity index is 1.44. The van der Waals surface area contributed by atoms with Gasteiger partial charge in [-0.3, -0.25) is 10.1 Å². The molecule has 33 heavy (non-hydrogen) atoms. The van der Waals surface area contributed by atoms with E-state index in [4.69, 9.17) is 9.47 Å². The quantitative estimate of drug-likeness (QED) is 0.681. The van der Waals surface area contributed by atoms with Crippen LogP contribution in [0.2, 0.25) is 0 Å². The third-order valence-corrected chi connectivity index (χ3v) is 7.38. The number of anilines is 2. The lowest BCUT2D eigenvalue weighted by molar-refractivity contribution is -0.120. The standard InChI is InChI=1S/C22H25N3O7S/c1-30-22(27)23-16-7-9-17(10-8-16)33(28,29)25-11-3-4-15(14-25)21(26)24-18-5-2-6-19-20(18)32-13-12-31-19/h2,5-10,15H,3-4,11-14H2,1H3,(H,23,27)(H,24,26)/t15-/m1/s1. The molecule has 0 spiro atoms. The van der Waals surface area contributed by atoms with Gasteiger partial charge in [0.2, 0.25) is 15.9 Å². The van der Waals surface area contributed by atoms with Gasteiger partial charge in [-0.25, -0.2) is 13.2 Å². The number of carbonyl (C=O) groups is 2. The average molecular weight is 476 g/mol. The number of methoxy groups -OCH3 is 1. The van der Waals surface area contributed by atoms with Crippen molar-refractivity contribution in [3.8, 4) is 11.5 Å². The van der Waals surface area contributed by atoms with Crippen LogP contribution in [0.1, 0.15) is 12.8 Å². The summed E-state index contributed by atoms with van der Waals surface area (Å²) in [4.78, 5) is 24.4. The molecule has 10 nitrogen and oxygen atoms in total. The molecule has 4 rings (SSSR count). The molecule has 0 saturated carbocycles. The molecule has 2 amide bonds. The Bertz CT molecular complexity index is 1140. The second-order valence-corrected chi connectivity index (χ2v) is 9.60. The molecule has 2 aromatic carbocycles. The van der Waals surface area contributed by atoms with E-state index in [1.807, 2.05) is 0 Å². The highest BCUT2D eigenvalue weighted by molar-refractivity contribution is 7.89. The van der Waals surface area contributed by atoms with E-state index in [0.717, 1.165) is 0 Å². The molecule has 0 unspecified atom stereocenters. The third kappa shape index (κ3) is 5.04. The van der Waals surface area contributed by atoms with Gasteiger partial charge in [0.1, 0.15) is 13.2 Å². The lowest BCUT2D eigenvalue weighted by Crippen LogP contribution is -2.43. The zero-order chi connectivity index (χ0) is 23.4. The zero-order valence-electron chi connectivity index (χ0n) is 18.1. The van der Waals surface area contributed by atoms with E-state index < -0.39 is 22.0 Å². The van der Waals surface area contributed by atoms with Crippen molar-refractivity contribution in [2.24, 2.45) is 5.92 Å². The van der Waals surface area contributed by atoms with Crippen LogP contribution >= 0.6 is 0 Å². The van der Waals surface area contributed by atoms with Gasteiger partial charge in [-0.1, -0.05) is 6.07 Å². The third-order valence-electron chi connectivity index (χ3n) is 5.50. The molecule has 2 aromatic rings. The van der Waals surface area contributed by atoms with E-state index in [1.54, 1.807) is 18.2 Å². The largest absolute Gasteiger partial charge is 0.486 e. The van der Waals surface area contributed by atoms with Gasteiger partial charge in [-0.2, -0.15) is 4.31 Å². The molecule has 0 radical (unpaired) electrons. The summed E-state index contributed by atoms with van der Waals surface area (Å²) in [5.74, 6) is 0.277. The van der Waals surface area contributed by atoms with E-state index in [-0.39, 0.29) is 17.3 Å². The Kier molecular flexibility index (Phi) is 6.70. The maximum atomic E-state index is 13.1. The normalized spacial score (nSPS) is 18.3. The molecule has 1 atom stereocenters. The van der Waals surface area contributed by atoms with E-state index in [0.29, 0.717) is 55.5 Å². The minimum Gasteiger partial charge on any atom is -0.486 e. The summed E-state index contributed by atoms with van der Waals surface area (Å²) in [6, 6.07) is 11.1. The van der Waals surface area contributed by atoms with Gasteiger partial charge in [-0.05, 0) is 49.2 Å². The van der Waals surface area contributed by atoms with Crippen molar-refractivity contribution in [3.05, 3.63) is 42.5 Å². The lowest BCUT2D eigenvalue weighted by atomic mass is 9.98. The molecule has 2 N–H and O–H groups in total. The van der Waals surface area contributed by atoms with Crippen molar-refractivity contribution in [1.29, 1.82) is 0 Å². The number of nitrogens with zero attached hydrogens (tertiary/aromatic N) is 1. The maximum absolute atomic E-state index is 13.1. The first-order valence-corrected chi connectivity index (χ1v) is 12.0. The molecule has 1 saturated heterocycles. The molecular formula is C22H25N3O7S. The summed E-state index contributed by atoms with van der Waals surface area (Å²) in [7, 11) is -2.56. The first-order valence-electron chi connectivity index (χ1n) is 10.5. The van der Waals surface area contributed by atoms with E-state index >= 15 is 0 Å². The van der Waals surface area contributed by atoms with Crippen LogP contribution in [0.25, 0.3) is 0 Å². The number of amides is 2. The summed E-state index contributed by atoms with van der Waals surface area (Å²) in [6.45, 7) is 1.23. The van der Waals surface area contributed by atoms with Gasteiger partial charge in [0.05, 0.1) is 23.6 Å². The number of rotatable bonds is 5. The molecule has 1 fully saturated rings. The number of ether oxygens (including phenoxy) is 3. The summed E-state index contributed by atoms with van der Waals surface area (Å²) in [5.41, 5.74) is 0.917. The van der Waals surface area contributed by atoms with Crippen molar-refractivity contribution in [2.45, 2.75) is 17.7 Å². The highest BCUT2D eigenvalue weighted by Gasteiger charge is 2.34. The van der Waals surface area contributed by atoms with Crippen molar-refractivity contribution >= 4 is 33.4 Å². The minimum absolute atomic E-state index is 0.0721. The van der Waals surface area contributed by atoms with Gasteiger partial charge < -0.3 is 19.5 Å². The maximum Gasteiger partial charge on any atom is 0.411 e. The van der Waals surface area contributed by atoms with Gasteiger partial charge in [0, 0.05) is 18.8 Å². The molecule has 176 valence electrons. The van der Waals surface area contributed by atoms with Crippen molar-refractivity contribution < 1.29 is 32.2 Å². The summed E-state index contributed by atoms with van der Waals surface area (Å²) in [6.07, 6.45) is 0.491. The number of benzene rings is 2.